The number of aromatic nitrogens is 3. The second kappa shape index (κ2) is 13.5. The zero-order valence-corrected chi connectivity index (χ0v) is 25.2. The second-order valence-corrected chi connectivity index (χ2v) is 11.8. The summed E-state index contributed by atoms with van der Waals surface area (Å²) in [5.74, 6) is 2.51. The summed E-state index contributed by atoms with van der Waals surface area (Å²) in [6.07, 6.45) is 4.65. The quantitative estimate of drug-likeness (QED) is 0.477. The topological polar surface area (TPSA) is 119 Å². The van der Waals surface area contributed by atoms with Crippen LogP contribution in [0, 0.1) is 6.92 Å². The highest BCUT2D eigenvalue weighted by molar-refractivity contribution is 5.88. The number of carbonyl (C=O) groups is 3. The third-order valence-electron chi connectivity index (χ3n) is 8.66. The first-order chi connectivity index (χ1) is 21.4. The first kappa shape index (κ1) is 29.7. The third-order valence-corrected chi connectivity index (χ3v) is 8.66. The number of fused-ring (bicyclic) bond motifs is 3. The van der Waals surface area contributed by atoms with Crippen molar-refractivity contribution in [2.45, 2.75) is 76.9 Å². The second-order valence-electron chi connectivity index (χ2n) is 11.8. The molecule has 3 aliphatic rings. The van der Waals surface area contributed by atoms with Crippen molar-refractivity contribution >= 4 is 17.7 Å². The molecule has 11 heteroatoms. The fourth-order valence-corrected chi connectivity index (χ4v) is 6.37. The molecule has 0 spiro atoms. The molecular formula is C33H40N6O5. The summed E-state index contributed by atoms with van der Waals surface area (Å²) in [6.45, 7) is 3.91. The molecular weight excluding hydrogens is 560 g/mol. The van der Waals surface area contributed by atoms with E-state index in [0.717, 1.165) is 29.7 Å². The molecule has 6 rings (SSSR count). The molecule has 11 nitrogen and oxygen atoms in total. The summed E-state index contributed by atoms with van der Waals surface area (Å²) in [5, 5.41) is 7.92. The van der Waals surface area contributed by atoms with E-state index >= 15 is 0 Å². The Kier molecular flexibility index (Phi) is 9.09. The van der Waals surface area contributed by atoms with E-state index in [4.69, 9.17) is 14.5 Å². The lowest BCUT2D eigenvalue weighted by Gasteiger charge is -2.36. The number of carbonyl (C=O) groups excluding carboxylic acids is 3. The average Bonchev–Trinajstić information content (AvgIpc) is 3.66. The van der Waals surface area contributed by atoms with Crippen LogP contribution in [0.2, 0.25) is 0 Å². The van der Waals surface area contributed by atoms with Gasteiger partial charge in [0.2, 0.25) is 24.5 Å². The molecule has 3 aromatic rings. The summed E-state index contributed by atoms with van der Waals surface area (Å²) in [4.78, 5) is 49.1. The number of aryl methyl sites for hydroxylation is 2. The largest absolute Gasteiger partial charge is 0.454 e. The molecule has 0 aliphatic carbocycles. The van der Waals surface area contributed by atoms with Crippen LogP contribution in [-0.2, 0) is 33.8 Å². The summed E-state index contributed by atoms with van der Waals surface area (Å²) in [5.41, 5.74) is 2.06. The van der Waals surface area contributed by atoms with E-state index in [9.17, 15) is 14.4 Å². The Morgan fingerprint density at radius 1 is 0.955 bits per heavy atom. The lowest BCUT2D eigenvalue weighted by molar-refractivity contribution is -0.143. The predicted octanol–water partition coefficient (Wildman–Crippen LogP) is 3.35. The Morgan fingerprint density at radius 2 is 1.80 bits per heavy atom. The Bertz CT molecular complexity index is 1490. The van der Waals surface area contributed by atoms with Gasteiger partial charge in [0.1, 0.15) is 17.7 Å². The molecule has 2 aromatic carbocycles. The van der Waals surface area contributed by atoms with Gasteiger partial charge in [-0.2, -0.15) is 5.10 Å². The molecule has 3 aliphatic heterocycles. The van der Waals surface area contributed by atoms with Crippen LogP contribution in [0.15, 0.2) is 48.5 Å². The van der Waals surface area contributed by atoms with Crippen molar-refractivity contribution in [2.75, 3.05) is 26.4 Å². The van der Waals surface area contributed by atoms with Crippen molar-refractivity contribution in [3.63, 3.8) is 0 Å². The zero-order chi connectivity index (χ0) is 30.5. The number of hydrogen-bond acceptors (Lipinski definition) is 7. The molecule has 3 amide bonds. The van der Waals surface area contributed by atoms with Gasteiger partial charge in [-0.05, 0) is 68.7 Å². The van der Waals surface area contributed by atoms with Gasteiger partial charge in [0, 0.05) is 32.5 Å². The molecule has 0 radical (unpaired) electrons. The molecule has 1 saturated heterocycles. The number of nitrogens with zero attached hydrogens (tertiary/aromatic N) is 5. The Hall–Kier alpha value is -4.41. The number of rotatable bonds is 5. The molecule has 1 N–H and O–H groups in total. The monoisotopic (exact) mass is 600 g/mol. The van der Waals surface area contributed by atoms with E-state index in [1.165, 1.54) is 0 Å². The van der Waals surface area contributed by atoms with Crippen LogP contribution in [0.3, 0.4) is 0 Å². The Labute approximate surface area is 257 Å². The van der Waals surface area contributed by atoms with Crippen LogP contribution < -0.4 is 14.8 Å². The third kappa shape index (κ3) is 6.87. The molecule has 0 saturated carbocycles. The normalized spacial score (nSPS) is 20.8. The van der Waals surface area contributed by atoms with Gasteiger partial charge in [0.05, 0.1) is 12.6 Å². The number of nitrogens with one attached hydrogen (secondary N) is 1. The van der Waals surface area contributed by atoms with E-state index < -0.39 is 12.1 Å². The maximum Gasteiger partial charge on any atom is 0.243 e. The standard InChI is InChI=1S/C33H40N6O5/c1-23-34-32-26(20-24-8-3-2-4-9-24)35-33(42)27-10-5-6-17-38(27)31(41)11-7-16-37(18-19-39(32)36-23)30(40)15-13-25-12-14-28-29(21-25)44-22-43-28/h2-4,8-9,12,14,21,26-27H,5-7,10-11,13,15-20,22H2,1H3,(H,35,42)/t26-,27+/m1/s1. The molecule has 1 fully saturated rings. The molecule has 4 heterocycles. The van der Waals surface area contributed by atoms with E-state index in [-0.39, 0.29) is 30.9 Å². The van der Waals surface area contributed by atoms with Crippen LogP contribution in [0.1, 0.15) is 67.3 Å². The Balaban J connectivity index is 1.25. The van der Waals surface area contributed by atoms with Crippen molar-refractivity contribution in [2.24, 2.45) is 0 Å². The fraction of sp³-hybridized carbons (Fsp3) is 0.485. The highest BCUT2D eigenvalue weighted by Crippen LogP contribution is 2.33. The number of piperidine rings is 1. The molecule has 44 heavy (non-hydrogen) atoms. The van der Waals surface area contributed by atoms with E-state index in [1.54, 1.807) is 4.90 Å². The highest BCUT2D eigenvalue weighted by atomic mass is 16.7. The lowest BCUT2D eigenvalue weighted by Crippen LogP contribution is -2.53. The molecule has 0 unspecified atom stereocenters. The zero-order valence-electron chi connectivity index (χ0n) is 25.2. The molecule has 0 bridgehead atoms. The van der Waals surface area contributed by atoms with E-state index in [2.05, 4.69) is 10.4 Å². The lowest BCUT2D eigenvalue weighted by atomic mass is 9.99. The maximum atomic E-state index is 13.7. The van der Waals surface area contributed by atoms with Gasteiger partial charge in [-0.1, -0.05) is 36.4 Å². The van der Waals surface area contributed by atoms with Crippen LogP contribution in [0.5, 0.6) is 11.5 Å². The molecule has 2 atom stereocenters. The van der Waals surface area contributed by atoms with Gasteiger partial charge < -0.3 is 24.6 Å². The summed E-state index contributed by atoms with van der Waals surface area (Å²) in [7, 11) is 0. The summed E-state index contributed by atoms with van der Waals surface area (Å²) in [6, 6.07) is 14.8. The van der Waals surface area contributed by atoms with Gasteiger partial charge in [-0.3, -0.25) is 14.4 Å². The number of benzene rings is 2. The minimum absolute atomic E-state index is 0.0191. The first-order valence-electron chi connectivity index (χ1n) is 15.7. The van der Waals surface area contributed by atoms with Gasteiger partial charge in [0.15, 0.2) is 11.5 Å². The maximum absolute atomic E-state index is 13.7. The number of ether oxygens (including phenoxy) is 2. The van der Waals surface area contributed by atoms with Crippen molar-refractivity contribution < 1.29 is 23.9 Å². The summed E-state index contributed by atoms with van der Waals surface area (Å²) >= 11 is 0. The van der Waals surface area contributed by atoms with Gasteiger partial charge in [0.25, 0.3) is 0 Å². The first-order valence-corrected chi connectivity index (χ1v) is 15.7. The number of hydrogen-bond donors (Lipinski definition) is 1. The Morgan fingerprint density at radius 3 is 2.66 bits per heavy atom. The van der Waals surface area contributed by atoms with Gasteiger partial charge in [-0.25, -0.2) is 9.67 Å². The van der Waals surface area contributed by atoms with Crippen LogP contribution in [-0.4, -0.2) is 74.8 Å². The van der Waals surface area contributed by atoms with E-state index in [0.29, 0.717) is 75.7 Å². The summed E-state index contributed by atoms with van der Waals surface area (Å²) < 4.78 is 12.7. The van der Waals surface area contributed by atoms with Crippen molar-refractivity contribution in [3.8, 4) is 11.5 Å². The van der Waals surface area contributed by atoms with Crippen molar-refractivity contribution in [1.82, 2.24) is 29.9 Å². The SMILES string of the molecule is Cc1nc2n(n1)CCN(C(=O)CCc1ccc3c(c1)OCO3)CCCC(=O)N1CCCC[C@H]1C(=O)N[C@@H]2Cc1ccccc1. The molecule has 232 valence electrons. The van der Waals surface area contributed by atoms with Crippen LogP contribution in [0.4, 0.5) is 0 Å². The van der Waals surface area contributed by atoms with Crippen LogP contribution in [0.25, 0.3) is 0 Å². The van der Waals surface area contributed by atoms with E-state index in [1.807, 2.05) is 65.0 Å². The minimum atomic E-state index is -0.519. The van der Waals surface area contributed by atoms with Crippen LogP contribution >= 0.6 is 0 Å². The number of amides is 3. The highest BCUT2D eigenvalue weighted by Gasteiger charge is 2.34. The van der Waals surface area contributed by atoms with Crippen molar-refractivity contribution in [3.05, 3.63) is 71.3 Å². The predicted molar refractivity (Wildman–Crippen MR) is 162 cm³/mol. The van der Waals surface area contributed by atoms with Crippen molar-refractivity contribution in [1.29, 1.82) is 0 Å². The average molecular weight is 601 g/mol. The minimum Gasteiger partial charge on any atom is -0.454 e. The smallest absolute Gasteiger partial charge is 0.243 e. The fourth-order valence-electron chi connectivity index (χ4n) is 6.37. The van der Waals surface area contributed by atoms with Gasteiger partial charge >= 0.3 is 0 Å². The van der Waals surface area contributed by atoms with Gasteiger partial charge in [-0.15, -0.1) is 0 Å². The molecule has 1 aromatic heterocycles.